The second kappa shape index (κ2) is 8.06. The van der Waals surface area contributed by atoms with E-state index in [1.807, 2.05) is 19.9 Å². The van der Waals surface area contributed by atoms with Crippen molar-refractivity contribution in [3.05, 3.63) is 29.3 Å². The lowest BCUT2D eigenvalue weighted by molar-refractivity contribution is 0.326. The van der Waals surface area contributed by atoms with Crippen molar-refractivity contribution in [1.82, 2.24) is 19.9 Å². The number of nitrogens with zero attached hydrogens (tertiary/aromatic N) is 6. The zero-order chi connectivity index (χ0) is 18.6. The topological polar surface area (TPSA) is 67.3 Å². The third-order valence-corrected chi connectivity index (χ3v) is 5.26. The van der Waals surface area contributed by atoms with E-state index in [2.05, 4.69) is 19.8 Å². The van der Waals surface area contributed by atoms with Gasteiger partial charge in [-0.15, -0.1) is 0 Å². The van der Waals surface area contributed by atoms with E-state index in [1.54, 1.807) is 6.20 Å². The van der Waals surface area contributed by atoms with Gasteiger partial charge in [-0.1, -0.05) is 0 Å². The molecule has 0 aromatic carbocycles. The molecular formula is C20H28N6O. The van der Waals surface area contributed by atoms with E-state index in [0.29, 0.717) is 12.5 Å². The standard InChI is InChI=1S/C20H28N6O/c1-3-27-18-9-10-21-20(24-18)26-12-6-11-25(13-14-26)19-16-7-4-5-8-17(16)22-15(2)23-19/h9-10H,3-8,11-14H2,1-2H3. The third-order valence-electron chi connectivity index (χ3n) is 5.26. The average Bonchev–Trinajstić information content (AvgIpc) is 2.94. The molecule has 0 saturated carbocycles. The first-order valence-electron chi connectivity index (χ1n) is 10.1. The molecule has 0 unspecified atom stereocenters. The summed E-state index contributed by atoms with van der Waals surface area (Å²) in [5.41, 5.74) is 2.63. The van der Waals surface area contributed by atoms with Gasteiger partial charge in [0.2, 0.25) is 11.8 Å². The molecule has 0 radical (unpaired) electrons. The highest BCUT2D eigenvalue weighted by Gasteiger charge is 2.24. The first kappa shape index (κ1) is 17.9. The van der Waals surface area contributed by atoms with Gasteiger partial charge in [-0.2, -0.15) is 4.98 Å². The Hall–Kier alpha value is -2.44. The fourth-order valence-corrected chi connectivity index (χ4v) is 4.00. The van der Waals surface area contributed by atoms with Crippen molar-refractivity contribution in [3.8, 4) is 5.88 Å². The number of aromatic nitrogens is 4. The van der Waals surface area contributed by atoms with Crippen LogP contribution in [-0.2, 0) is 12.8 Å². The Kier molecular flexibility index (Phi) is 5.36. The molecule has 27 heavy (non-hydrogen) atoms. The smallest absolute Gasteiger partial charge is 0.228 e. The number of ether oxygens (including phenoxy) is 1. The molecular weight excluding hydrogens is 340 g/mol. The molecule has 3 heterocycles. The van der Waals surface area contributed by atoms with Crippen LogP contribution in [0.4, 0.5) is 11.8 Å². The Labute approximate surface area is 160 Å². The molecule has 2 aromatic rings. The highest BCUT2D eigenvalue weighted by Crippen LogP contribution is 2.29. The molecule has 1 saturated heterocycles. The number of hydrogen-bond acceptors (Lipinski definition) is 7. The first-order chi connectivity index (χ1) is 13.2. The summed E-state index contributed by atoms with van der Waals surface area (Å²) in [6, 6.07) is 1.81. The van der Waals surface area contributed by atoms with Gasteiger partial charge in [0.25, 0.3) is 0 Å². The Morgan fingerprint density at radius 2 is 1.78 bits per heavy atom. The molecule has 4 rings (SSSR count). The van der Waals surface area contributed by atoms with Crippen LogP contribution in [0, 0.1) is 6.92 Å². The van der Waals surface area contributed by atoms with Gasteiger partial charge in [0.05, 0.1) is 6.61 Å². The van der Waals surface area contributed by atoms with Gasteiger partial charge < -0.3 is 14.5 Å². The normalized spacial score (nSPS) is 17.4. The minimum atomic E-state index is 0.613. The zero-order valence-electron chi connectivity index (χ0n) is 16.3. The van der Waals surface area contributed by atoms with Gasteiger partial charge in [-0.05, 0) is 46.0 Å². The number of hydrogen-bond donors (Lipinski definition) is 0. The van der Waals surface area contributed by atoms with Crippen LogP contribution in [0.2, 0.25) is 0 Å². The van der Waals surface area contributed by atoms with Crippen molar-refractivity contribution in [2.24, 2.45) is 0 Å². The summed E-state index contributed by atoms with van der Waals surface area (Å²) in [7, 11) is 0. The van der Waals surface area contributed by atoms with Crippen LogP contribution in [0.25, 0.3) is 0 Å². The lowest BCUT2D eigenvalue weighted by Crippen LogP contribution is -2.33. The van der Waals surface area contributed by atoms with Gasteiger partial charge >= 0.3 is 0 Å². The highest BCUT2D eigenvalue weighted by atomic mass is 16.5. The fourth-order valence-electron chi connectivity index (χ4n) is 4.00. The van der Waals surface area contributed by atoms with Crippen LogP contribution in [0.1, 0.15) is 43.3 Å². The van der Waals surface area contributed by atoms with Crippen molar-refractivity contribution in [1.29, 1.82) is 0 Å². The van der Waals surface area contributed by atoms with Gasteiger partial charge in [0.15, 0.2) is 0 Å². The molecule has 0 N–H and O–H groups in total. The molecule has 0 bridgehead atoms. The number of aryl methyl sites for hydroxylation is 2. The van der Waals surface area contributed by atoms with Crippen molar-refractivity contribution < 1.29 is 4.74 Å². The third kappa shape index (κ3) is 3.96. The Morgan fingerprint density at radius 3 is 2.67 bits per heavy atom. The summed E-state index contributed by atoms with van der Waals surface area (Å²) in [5, 5.41) is 0. The quantitative estimate of drug-likeness (QED) is 0.821. The molecule has 0 atom stereocenters. The van der Waals surface area contributed by atoms with E-state index in [1.165, 1.54) is 24.1 Å². The maximum absolute atomic E-state index is 5.53. The van der Waals surface area contributed by atoms with E-state index in [-0.39, 0.29) is 0 Å². The van der Waals surface area contributed by atoms with Crippen LogP contribution in [0.3, 0.4) is 0 Å². The molecule has 144 valence electrons. The molecule has 7 heteroatoms. The number of anilines is 2. The maximum Gasteiger partial charge on any atom is 0.228 e. The Balaban J connectivity index is 1.53. The lowest BCUT2D eigenvalue weighted by Gasteiger charge is -2.27. The van der Waals surface area contributed by atoms with Crippen molar-refractivity contribution in [3.63, 3.8) is 0 Å². The van der Waals surface area contributed by atoms with Crippen LogP contribution >= 0.6 is 0 Å². The molecule has 1 fully saturated rings. The van der Waals surface area contributed by atoms with E-state index in [9.17, 15) is 0 Å². The lowest BCUT2D eigenvalue weighted by atomic mass is 9.96. The van der Waals surface area contributed by atoms with Crippen LogP contribution < -0.4 is 14.5 Å². The monoisotopic (exact) mass is 368 g/mol. The molecule has 1 aliphatic heterocycles. The minimum Gasteiger partial charge on any atom is -0.478 e. The number of fused-ring (bicyclic) bond motifs is 1. The maximum atomic E-state index is 5.53. The van der Waals surface area contributed by atoms with Gasteiger partial charge in [0.1, 0.15) is 11.6 Å². The van der Waals surface area contributed by atoms with Crippen molar-refractivity contribution >= 4 is 11.8 Å². The average molecular weight is 368 g/mol. The Morgan fingerprint density at radius 1 is 0.963 bits per heavy atom. The van der Waals surface area contributed by atoms with E-state index in [0.717, 1.165) is 63.0 Å². The summed E-state index contributed by atoms with van der Waals surface area (Å²) in [5.74, 6) is 3.44. The van der Waals surface area contributed by atoms with Gasteiger partial charge in [-0.3, -0.25) is 0 Å². The van der Waals surface area contributed by atoms with Gasteiger partial charge in [-0.25, -0.2) is 15.0 Å². The summed E-state index contributed by atoms with van der Waals surface area (Å²) >= 11 is 0. The van der Waals surface area contributed by atoms with Crippen LogP contribution in [-0.4, -0.2) is 52.7 Å². The van der Waals surface area contributed by atoms with E-state index < -0.39 is 0 Å². The highest BCUT2D eigenvalue weighted by molar-refractivity contribution is 5.51. The zero-order valence-corrected chi connectivity index (χ0v) is 16.3. The predicted molar refractivity (Wildman–Crippen MR) is 106 cm³/mol. The van der Waals surface area contributed by atoms with Gasteiger partial charge in [0, 0.05) is 49.7 Å². The molecule has 0 spiro atoms. The molecule has 7 nitrogen and oxygen atoms in total. The SMILES string of the molecule is CCOc1ccnc(N2CCCN(c3nc(C)nc4c3CCCC4)CC2)n1. The minimum absolute atomic E-state index is 0.613. The fraction of sp³-hybridized carbons (Fsp3) is 0.600. The molecule has 2 aromatic heterocycles. The van der Waals surface area contributed by atoms with E-state index in [4.69, 9.17) is 14.7 Å². The van der Waals surface area contributed by atoms with Crippen LogP contribution in [0.5, 0.6) is 5.88 Å². The second-order valence-electron chi connectivity index (χ2n) is 7.18. The summed E-state index contributed by atoms with van der Waals surface area (Å²) in [6.07, 6.45) is 7.50. The van der Waals surface area contributed by atoms with Crippen molar-refractivity contribution in [2.75, 3.05) is 42.6 Å². The summed E-state index contributed by atoms with van der Waals surface area (Å²) in [4.78, 5) is 23.2. The van der Waals surface area contributed by atoms with Crippen molar-refractivity contribution in [2.45, 2.75) is 46.0 Å². The first-order valence-corrected chi connectivity index (χ1v) is 10.1. The predicted octanol–water partition coefficient (Wildman–Crippen LogP) is 2.57. The number of rotatable bonds is 4. The molecule has 2 aliphatic rings. The second-order valence-corrected chi connectivity index (χ2v) is 7.18. The Bertz CT molecular complexity index is 796. The summed E-state index contributed by atoms with van der Waals surface area (Å²) in [6.45, 7) is 8.34. The molecule has 0 amide bonds. The molecule has 1 aliphatic carbocycles. The van der Waals surface area contributed by atoms with Crippen LogP contribution in [0.15, 0.2) is 12.3 Å². The summed E-state index contributed by atoms with van der Waals surface area (Å²) < 4.78 is 5.53. The van der Waals surface area contributed by atoms with E-state index >= 15 is 0 Å². The largest absolute Gasteiger partial charge is 0.478 e.